The van der Waals surface area contributed by atoms with Gasteiger partial charge in [0.1, 0.15) is 5.75 Å². The van der Waals surface area contributed by atoms with Crippen LogP contribution in [0, 0.1) is 0 Å². The number of pyridine rings is 1. The fourth-order valence-corrected chi connectivity index (χ4v) is 3.04. The molecule has 2 nitrogen and oxygen atoms in total. The maximum absolute atomic E-state index is 5.69. The van der Waals surface area contributed by atoms with E-state index in [1.54, 1.807) is 0 Å². The lowest BCUT2D eigenvalue weighted by Gasteiger charge is -2.12. The van der Waals surface area contributed by atoms with Crippen LogP contribution in [0.1, 0.15) is 6.92 Å². The Morgan fingerprint density at radius 2 is 1.52 bits per heavy atom. The van der Waals surface area contributed by atoms with Crippen LogP contribution in [-0.2, 0) is 0 Å². The number of aromatic nitrogens is 1. The summed E-state index contributed by atoms with van der Waals surface area (Å²) in [5.41, 5.74) is 4.42. The van der Waals surface area contributed by atoms with Crippen molar-refractivity contribution in [2.24, 2.45) is 0 Å². The van der Waals surface area contributed by atoms with Crippen LogP contribution in [0.15, 0.2) is 72.8 Å². The number of hydrogen-bond acceptors (Lipinski definition) is 2. The Morgan fingerprint density at radius 3 is 2.35 bits per heavy atom. The Kier molecular flexibility index (Phi) is 3.43. The van der Waals surface area contributed by atoms with Crippen LogP contribution in [0.3, 0.4) is 0 Å². The molecule has 0 spiro atoms. The summed E-state index contributed by atoms with van der Waals surface area (Å²) in [6.07, 6.45) is 0. The van der Waals surface area contributed by atoms with Gasteiger partial charge in [-0.1, -0.05) is 48.5 Å². The standard InChI is InChI=1S/C21H17NO/c1-2-23-16-12-13-20-18(14-16)21(15-8-4-3-5-9-15)17-10-6-7-11-19(17)22-20/h3-14H,2H2,1H3. The Balaban J connectivity index is 2.13. The molecule has 0 fully saturated rings. The monoisotopic (exact) mass is 299 g/mol. The highest BCUT2D eigenvalue weighted by molar-refractivity contribution is 6.09. The van der Waals surface area contributed by atoms with Crippen LogP contribution in [0.5, 0.6) is 5.75 Å². The number of ether oxygens (including phenoxy) is 1. The van der Waals surface area contributed by atoms with Crippen molar-refractivity contribution < 1.29 is 4.74 Å². The van der Waals surface area contributed by atoms with Gasteiger partial charge in [0.05, 0.1) is 17.6 Å². The van der Waals surface area contributed by atoms with E-state index in [0.29, 0.717) is 6.61 Å². The Hall–Kier alpha value is -2.87. The highest BCUT2D eigenvalue weighted by Crippen LogP contribution is 2.36. The van der Waals surface area contributed by atoms with Gasteiger partial charge in [0.15, 0.2) is 0 Å². The topological polar surface area (TPSA) is 22.1 Å². The van der Waals surface area contributed by atoms with E-state index in [0.717, 1.165) is 22.2 Å². The zero-order valence-electron chi connectivity index (χ0n) is 13.0. The summed E-state index contributed by atoms with van der Waals surface area (Å²) in [6, 6.07) is 24.9. The molecule has 0 saturated carbocycles. The highest BCUT2D eigenvalue weighted by atomic mass is 16.5. The third-order valence-corrected chi connectivity index (χ3v) is 4.03. The fraction of sp³-hybridized carbons (Fsp3) is 0.0952. The van der Waals surface area contributed by atoms with Crippen molar-refractivity contribution in [2.45, 2.75) is 6.92 Å². The van der Waals surface area contributed by atoms with Crippen LogP contribution in [-0.4, -0.2) is 11.6 Å². The summed E-state index contributed by atoms with van der Waals surface area (Å²) in [5.74, 6) is 0.884. The van der Waals surface area contributed by atoms with E-state index >= 15 is 0 Å². The lowest BCUT2D eigenvalue weighted by molar-refractivity contribution is 0.341. The van der Waals surface area contributed by atoms with E-state index in [1.165, 1.54) is 16.5 Å². The molecule has 0 radical (unpaired) electrons. The molecule has 0 unspecified atom stereocenters. The van der Waals surface area contributed by atoms with Gasteiger partial charge in [-0.15, -0.1) is 0 Å². The zero-order valence-corrected chi connectivity index (χ0v) is 13.0. The lowest BCUT2D eigenvalue weighted by atomic mass is 9.96. The third-order valence-electron chi connectivity index (χ3n) is 4.03. The summed E-state index contributed by atoms with van der Waals surface area (Å²) in [6.45, 7) is 2.66. The predicted molar refractivity (Wildman–Crippen MR) is 95.9 cm³/mol. The molecule has 0 bridgehead atoms. The van der Waals surface area contributed by atoms with E-state index in [9.17, 15) is 0 Å². The molecule has 0 amide bonds. The molecule has 0 N–H and O–H groups in total. The van der Waals surface area contributed by atoms with Gasteiger partial charge in [-0.05, 0) is 36.8 Å². The maximum Gasteiger partial charge on any atom is 0.120 e. The Bertz CT molecular complexity index is 977. The van der Waals surface area contributed by atoms with Crippen LogP contribution < -0.4 is 4.74 Å². The van der Waals surface area contributed by atoms with Crippen molar-refractivity contribution in [3.63, 3.8) is 0 Å². The Labute approximate surface area is 135 Å². The van der Waals surface area contributed by atoms with Gasteiger partial charge >= 0.3 is 0 Å². The summed E-state index contributed by atoms with van der Waals surface area (Å²) in [4.78, 5) is 4.81. The third kappa shape index (κ3) is 2.42. The van der Waals surface area contributed by atoms with Gasteiger partial charge in [0, 0.05) is 16.3 Å². The summed E-state index contributed by atoms with van der Waals surface area (Å²) in [7, 11) is 0. The SMILES string of the molecule is CCOc1ccc2nc3ccccc3c(-c3ccccc3)c2c1. The number of para-hydroxylation sites is 1. The van der Waals surface area contributed by atoms with Gasteiger partial charge in [0.2, 0.25) is 0 Å². The van der Waals surface area contributed by atoms with Crippen molar-refractivity contribution in [3.8, 4) is 16.9 Å². The molecule has 2 heteroatoms. The first-order valence-corrected chi connectivity index (χ1v) is 7.87. The van der Waals surface area contributed by atoms with Gasteiger partial charge in [-0.3, -0.25) is 0 Å². The largest absolute Gasteiger partial charge is 0.494 e. The average molecular weight is 299 g/mol. The number of rotatable bonds is 3. The minimum absolute atomic E-state index is 0.660. The number of benzene rings is 3. The Morgan fingerprint density at radius 1 is 0.783 bits per heavy atom. The normalized spacial score (nSPS) is 11.0. The van der Waals surface area contributed by atoms with E-state index < -0.39 is 0 Å². The fourth-order valence-electron chi connectivity index (χ4n) is 3.04. The molecule has 4 rings (SSSR count). The van der Waals surface area contributed by atoms with Crippen LogP contribution >= 0.6 is 0 Å². The van der Waals surface area contributed by atoms with Crippen molar-refractivity contribution in [2.75, 3.05) is 6.61 Å². The van der Waals surface area contributed by atoms with Gasteiger partial charge < -0.3 is 4.74 Å². The molecule has 1 aromatic heterocycles. The molecule has 0 saturated heterocycles. The smallest absolute Gasteiger partial charge is 0.120 e. The van der Waals surface area contributed by atoms with E-state index in [4.69, 9.17) is 9.72 Å². The van der Waals surface area contributed by atoms with Crippen LogP contribution in [0.4, 0.5) is 0 Å². The molecular formula is C21H17NO. The van der Waals surface area contributed by atoms with E-state index in [-0.39, 0.29) is 0 Å². The van der Waals surface area contributed by atoms with Crippen molar-refractivity contribution in [1.82, 2.24) is 4.98 Å². The molecule has 1 heterocycles. The number of nitrogens with zero attached hydrogens (tertiary/aromatic N) is 1. The zero-order chi connectivity index (χ0) is 15.6. The number of hydrogen-bond donors (Lipinski definition) is 0. The first-order chi connectivity index (χ1) is 11.4. The predicted octanol–water partition coefficient (Wildman–Crippen LogP) is 5.45. The lowest BCUT2D eigenvalue weighted by Crippen LogP contribution is -1.93. The summed E-state index contributed by atoms with van der Waals surface area (Å²) in [5, 5.41) is 2.29. The second kappa shape index (κ2) is 5.73. The molecule has 23 heavy (non-hydrogen) atoms. The molecule has 4 aromatic rings. The summed E-state index contributed by atoms with van der Waals surface area (Å²) >= 11 is 0. The molecule has 0 atom stereocenters. The van der Waals surface area contributed by atoms with E-state index in [1.807, 2.05) is 31.2 Å². The first kappa shape index (κ1) is 13.8. The second-order valence-electron chi connectivity index (χ2n) is 5.48. The van der Waals surface area contributed by atoms with E-state index in [2.05, 4.69) is 48.5 Å². The van der Waals surface area contributed by atoms with Crippen molar-refractivity contribution >= 4 is 21.8 Å². The molecule has 0 aliphatic carbocycles. The highest BCUT2D eigenvalue weighted by Gasteiger charge is 2.11. The maximum atomic E-state index is 5.69. The molecule has 112 valence electrons. The average Bonchev–Trinajstić information content (AvgIpc) is 2.61. The molecule has 0 aliphatic rings. The number of fused-ring (bicyclic) bond motifs is 2. The minimum atomic E-state index is 0.660. The van der Waals surface area contributed by atoms with Gasteiger partial charge in [0.25, 0.3) is 0 Å². The van der Waals surface area contributed by atoms with Crippen molar-refractivity contribution in [3.05, 3.63) is 72.8 Å². The molecule has 0 aliphatic heterocycles. The quantitative estimate of drug-likeness (QED) is 0.469. The van der Waals surface area contributed by atoms with Crippen LogP contribution in [0.25, 0.3) is 32.9 Å². The van der Waals surface area contributed by atoms with Gasteiger partial charge in [-0.25, -0.2) is 4.98 Å². The summed E-state index contributed by atoms with van der Waals surface area (Å²) < 4.78 is 5.69. The minimum Gasteiger partial charge on any atom is -0.494 e. The molecule has 3 aromatic carbocycles. The second-order valence-corrected chi connectivity index (χ2v) is 5.48. The van der Waals surface area contributed by atoms with Crippen molar-refractivity contribution in [1.29, 1.82) is 0 Å². The first-order valence-electron chi connectivity index (χ1n) is 7.87. The van der Waals surface area contributed by atoms with Crippen LogP contribution in [0.2, 0.25) is 0 Å². The molecular weight excluding hydrogens is 282 g/mol. The van der Waals surface area contributed by atoms with Gasteiger partial charge in [-0.2, -0.15) is 0 Å².